The largest absolute Gasteiger partial charge is 1.00 e. The molecule has 0 unspecified atom stereocenters. The van der Waals surface area contributed by atoms with Crippen LogP contribution in [-0.4, -0.2) is 13.1 Å². The molecule has 0 aliphatic rings. The van der Waals surface area contributed by atoms with Gasteiger partial charge in [0.2, 0.25) is 0 Å². The van der Waals surface area contributed by atoms with Crippen LogP contribution in [0.25, 0.3) is 0 Å². The zero-order valence-electron chi connectivity index (χ0n) is 8.69. The summed E-state index contributed by atoms with van der Waals surface area (Å²) >= 11 is 5.78. The fourth-order valence-electron chi connectivity index (χ4n) is 1.53. The normalized spacial score (nSPS) is 10.0. The molecule has 0 aromatic heterocycles. The van der Waals surface area contributed by atoms with Gasteiger partial charge in [0.15, 0.2) is 0 Å². The Morgan fingerprint density at radius 3 is 2.36 bits per heavy atom. The Morgan fingerprint density at radius 2 is 1.86 bits per heavy atom. The predicted molar refractivity (Wildman–Crippen MR) is 57.7 cm³/mol. The number of hydrogen-bond acceptors (Lipinski definition) is 0. The van der Waals surface area contributed by atoms with E-state index in [1.165, 1.54) is 16.2 Å². The average molecular weight is 234 g/mol. The van der Waals surface area contributed by atoms with Crippen molar-refractivity contribution in [3.05, 3.63) is 29.8 Å². The lowest BCUT2D eigenvalue weighted by molar-refractivity contribution is -0.828. The SMILES string of the molecule is CC[NH+](CC)c1cccc(CCl)c1.[Cl-]. The lowest BCUT2D eigenvalue weighted by Gasteiger charge is -2.15. The zero-order chi connectivity index (χ0) is 9.68. The van der Waals surface area contributed by atoms with Crippen LogP contribution >= 0.6 is 11.6 Å². The van der Waals surface area contributed by atoms with Crippen LogP contribution in [0.2, 0.25) is 0 Å². The maximum atomic E-state index is 5.78. The topological polar surface area (TPSA) is 4.44 Å². The second kappa shape index (κ2) is 7.10. The lowest BCUT2D eigenvalue weighted by atomic mass is 10.2. The summed E-state index contributed by atoms with van der Waals surface area (Å²) in [5, 5.41) is 0. The molecule has 1 rings (SSSR count). The molecule has 0 aliphatic carbocycles. The van der Waals surface area contributed by atoms with E-state index in [9.17, 15) is 0 Å². The molecule has 1 aromatic rings. The van der Waals surface area contributed by atoms with E-state index in [1.807, 2.05) is 0 Å². The Hall–Kier alpha value is -0.240. The van der Waals surface area contributed by atoms with Gasteiger partial charge in [-0.15, -0.1) is 11.6 Å². The molecule has 0 aliphatic heterocycles. The molecular weight excluding hydrogens is 217 g/mol. The molecule has 0 fully saturated rings. The highest BCUT2D eigenvalue weighted by Gasteiger charge is 2.06. The number of hydrogen-bond donors (Lipinski definition) is 1. The van der Waals surface area contributed by atoms with Gasteiger partial charge < -0.3 is 17.3 Å². The Bertz CT molecular complexity index is 259. The van der Waals surface area contributed by atoms with Gasteiger partial charge >= 0.3 is 0 Å². The first-order valence-corrected chi connectivity index (χ1v) is 5.35. The monoisotopic (exact) mass is 233 g/mol. The average Bonchev–Trinajstić information content (AvgIpc) is 2.20. The maximum absolute atomic E-state index is 5.78. The van der Waals surface area contributed by atoms with Crippen molar-refractivity contribution in [2.24, 2.45) is 0 Å². The van der Waals surface area contributed by atoms with E-state index in [0.29, 0.717) is 5.88 Å². The minimum absolute atomic E-state index is 0. The first kappa shape index (κ1) is 13.8. The van der Waals surface area contributed by atoms with E-state index in [2.05, 4.69) is 38.1 Å². The summed E-state index contributed by atoms with van der Waals surface area (Å²) in [6, 6.07) is 8.51. The third-order valence-electron chi connectivity index (χ3n) is 2.34. The summed E-state index contributed by atoms with van der Waals surface area (Å²) in [5.74, 6) is 0.606. The molecule has 1 aromatic carbocycles. The molecule has 0 saturated carbocycles. The van der Waals surface area contributed by atoms with Crippen molar-refractivity contribution in [3.8, 4) is 0 Å². The first-order valence-electron chi connectivity index (χ1n) is 4.81. The second-order valence-electron chi connectivity index (χ2n) is 3.14. The van der Waals surface area contributed by atoms with E-state index in [1.54, 1.807) is 0 Å². The van der Waals surface area contributed by atoms with Gasteiger partial charge in [-0.2, -0.15) is 0 Å². The Labute approximate surface area is 97.5 Å². The van der Waals surface area contributed by atoms with Gasteiger partial charge in [0.25, 0.3) is 0 Å². The molecule has 3 heteroatoms. The van der Waals surface area contributed by atoms with Crippen molar-refractivity contribution in [1.82, 2.24) is 0 Å². The number of quaternary nitrogens is 1. The third-order valence-corrected chi connectivity index (χ3v) is 2.65. The molecule has 0 heterocycles. The molecule has 0 spiro atoms. The molecule has 14 heavy (non-hydrogen) atoms. The minimum atomic E-state index is 0. The Morgan fingerprint density at radius 1 is 1.21 bits per heavy atom. The molecular formula is C11H17Cl2N. The summed E-state index contributed by atoms with van der Waals surface area (Å²) in [6.07, 6.45) is 0. The van der Waals surface area contributed by atoms with Crippen LogP contribution in [0.4, 0.5) is 5.69 Å². The molecule has 0 bridgehead atoms. The van der Waals surface area contributed by atoms with Gasteiger partial charge in [-0.3, -0.25) is 0 Å². The first-order chi connectivity index (χ1) is 6.31. The van der Waals surface area contributed by atoms with Crippen molar-refractivity contribution in [1.29, 1.82) is 0 Å². The van der Waals surface area contributed by atoms with Gasteiger partial charge in [-0.25, -0.2) is 0 Å². The summed E-state index contributed by atoms with van der Waals surface area (Å²) in [7, 11) is 0. The standard InChI is InChI=1S/C11H16ClN.ClH/c1-3-13(4-2)11-7-5-6-10(8-11)9-12;/h5-8H,3-4,9H2,1-2H3;1H. The Kier molecular flexibility index (Phi) is 6.98. The summed E-state index contributed by atoms with van der Waals surface area (Å²) < 4.78 is 0. The van der Waals surface area contributed by atoms with Crippen molar-refractivity contribution in [3.63, 3.8) is 0 Å². The second-order valence-corrected chi connectivity index (χ2v) is 3.41. The van der Waals surface area contributed by atoms with Crippen LogP contribution in [0.15, 0.2) is 24.3 Å². The van der Waals surface area contributed by atoms with Crippen LogP contribution < -0.4 is 17.3 Å². The van der Waals surface area contributed by atoms with Gasteiger partial charge in [0.1, 0.15) is 5.69 Å². The smallest absolute Gasteiger partial charge is 0.131 e. The van der Waals surface area contributed by atoms with Gasteiger partial charge in [-0.1, -0.05) is 12.1 Å². The van der Waals surface area contributed by atoms with Crippen LogP contribution in [0.1, 0.15) is 19.4 Å². The van der Waals surface area contributed by atoms with Crippen molar-refractivity contribution >= 4 is 17.3 Å². The van der Waals surface area contributed by atoms with Crippen molar-refractivity contribution < 1.29 is 17.3 Å². The molecule has 1 nitrogen and oxygen atoms in total. The van der Waals surface area contributed by atoms with Crippen molar-refractivity contribution in [2.45, 2.75) is 19.7 Å². The lowest BCUT2D eigenvalue weighted by Crippen LogP contribution is -3.06. The maximum Gasteiger partial charge on any atom is 0.131 e. The Balaban J connectivity index is 0.00000169. The zero-order valence-corrected chi connectivity index (χ0v) is 10.2. The molecule has 0 radical (unpaired) electrons. The van der Waals surface area contributed by atoms with Crippen LogP contribution in [0, 0.1) is 0 Å². The van der Waals surface area contributed by atoms with Crippen molar-refractivity contribution in [2.75, 3.05) is 13.1 Å². The quantitative estimate of drug-likeness (QED) is 0.636. The molecule has 0 saturated heterocycles. The van der Waals surface area contributed by atoms with Crippen LogP contribution in [-0.2, 0) is 5.88 Å². The highest BCUT2D eigenvalue weighted by molar-refractivity contribution is 6.17. The van der Waals surface area contributed by atoms with Gasteiger partial charge in [0.05, 0.1) is 13.1 Å². The van der Waals surface area contributed by atoms with Crippen LogP contribution in [0.3, 0.4) is 0 Å². The van der Waals surface area contributed by atoms with Gasteiger partial charge in [0, 0.05) is 11.9 Å². The number of rotatable bonds is 4. The summed E-state index contributed by atoms with van der Waals surface area (Å²) in [6.45, 7) is 6.66. The number of benzene rings is 1. The fraction of sp³-hybridized carbons (Fsp3) is 0.455. The van der Waals surface area contributed by atoms with Gasteiger partial charge in [-0.05, 0) is 25.5 Å². The highest BCUT2D eigenvalue weighted by atomic mass is 35.5. The van der Waals surface area contributed by atoms with E-state index in [0.717, 1.165) is 13.1 Å². The third kappa shape index (κ3) is 3.49. The number of alkyl halides is 1. The summed E-state index contributed by atoms with van der Waals surface area (Å²) in [4.78, 5) is 1.51. The van der Waals surface area contributed by atoms with E-state index < -0.39 is 0 Å². The molecule has 0 atom stereocenters. The van der Waals surface area contributed by atoms with E-state index in [-0.39, 0.29) is 12.4 Å². The summed E-state index contributed by atoms with van der Waals surface area (Å²) in [5.41, 5.74) is 2.56. The van der Waals surface area contributed by atoms with E-state index >= 15 is 0 Å². The predicted octanol–water partition coefficient (Wildman–Crippen LogP) is -1.01. The van der Waals surface area contributed by atoms with E-state index in [4.69, 9.17) is 11.6 Å². The molecule has 0 amide bonds. The number of halogens is 2. The minimum Gasteiger partial charge on any atom is -1.00 e. The fourth-order valence-corrected chi connectivity index (χ4v) is 1.70. The highest BCUT2D eigenvalue weighted by Crippen LogP contribution is 2.08. The molecule has 1 N–H and O–H groups in total. The number of nitrogens with one attached hydrogen (secondary N) is 1. The molecule has 80 valence electrons. The van der Waals surface area contributed by atoms with Crippen LogP contribution in [0.5, 0.6) is 0 Å².